The van der Waals surface area contributed by atoms with Gasteiger partial charge in [0.05, 0.1) is 7.11 Å². The molecule has 216 valence electrons. The van der Waals surface area contributed by atoms with Gasteiger partial charge in [-0.15, -0.1) is 0 Å². The molecule has 0 bridgehead atoms. The molecule has 2 atom stereocenters. The number of amides is 3. The first-order valence-corrected chi connectivity index (χ1v) is 13.4. The lowest BCUT2D eigenvalue weighted by atomic mass is 10.1. The Morgan fingerprint density at radius 2 is 1.77 bits per heavy atom. The molecule has 2 saturated heterocycles. The number of methoxy groups -OCH3 is 1. The number of esters is 1. The largest absolute Gasteiger partial charge is 0.468 e. The van der Waals surface area contributed by atoms with Gasteiger partial charge in [-0.3, -0.25) is 19.5 Å². The van der Waals surface area contributed by atoms with E-state index in [0.29, 0.717) is 52.0 Å². The summed E-state index contributed by atoms with van der Waals surface area (Å²) in [4.78, 5) is 54.6. The number of ether oxygens (including phenoxy) is 3. The topological polar surface area (TPSA) is 130 Å². The van der Waals surface area contributed by atoms with E-state index >= 15 is 0 Å². The maximum atomic E-state index is 13.5. The third-order valence-electron chi connectivity index (χ3n) is 6.42. The lowest BCUT2D eigenvalue weighted by Gasteiger charge is -2.36. The monoisotopic (exact) mass is 547 g/mol. The summed E-state index contributed by atoms with van der Waals surface area (Å²) in [7, 11) is 1.30. The molecule has 12 heteroatoms. The minimum atomic E-state index is -0.930. The predicted octanol–water partition coefficient (Wildman–Crippen LogP) is 1.89. The van der Waals surface area contributed by atoms with Crippen LogP contribution in [-0.4, -0.2) is 103 Å². The maximum absolute atomic E-state index is 13.5. The second kappa shape index (κ2) is 14.1. The van der Waals surface area contributed by atoms with Gasteiger partial charge in [-0.25, -0.2) is 15.0 Å². The molecule has 3 amide bonds. The second-order valence-corrected chi connectivity index (χ2v) is 10.7. The van der Waals surface area contributed by atoms with Crippen molar-refractivity contribution in [2.24, 2.45) is 0 Å². The Bertz CT molecular complexity index is 984. The lowest BCUT2D eigenvalue weighted by Crippen LogP contribution is -2.62. The van der Waals surface area contributed by atoms with Crippen LogP contribution in [-0.2, 0) is 30.4 Å². The van der Waals surface area contributed by atoms with Crippen molar-refractivity contribution in [1.82, 2.24) is 25.6 Å². The van der Waals surface area contributed by atoms with E-state index in [1.54, 1.807) is 25.7 Å². The van der Waals surface area contributed by atoms with Gasteiger partial charge in [-0.1, -0.05) is 30.3 Å². The Morgan fingerprint density at radius 1 is 1.03 bits per heavy atom. The van der Waals surface area contributed by atoms with Gasteiger partial charge >= 0.3 is 18.2 Å². The molecule has 1 aromatic carbocycles. The van der Waals surface area contributed by atoms with E-state index in [9.17, 15) is 19.2 Å². The Hall–Kier alpha value is -3.38. The minimum absolute atomic E-state index is 0.200. The molecule has 0 aliphatic carbocycles. The number of alkyl carbamates (subject to hydrolysis) is 1. The minimum Gasteiger partial charge on any atom is -0.468 e. The van der Waals surface area contributed by atoms with Crippen LogP contribution in [0.4, 0.5) is 9.59 Å². The fraction of sp³-hybridized carbons (Fsp3) is 0.630. The Balaban J connectivity index is 1.62. The molecule has 2 heterocycles. The molecule has 2 fully saturated rings. The summed E-state index contributed by atoms with van der Waals surface area (Å²) in [5.41, 5.74) is 3.11. The van der Waals surface area contributed by atoms with Crippen molar-refractivity contribution < 1.29 is 33.4 Å². The summed E-state index contributed by atoms with van der Waals surface area (Å²) in [6, 6.07) is 7.93. The summed E-state index contributed by atoms with van der Waals surface area (Å²) in [6.45, 7) is 8.12. The molecular formula is C27H41N5O7. The fourth-order valence-electron chi connectivity index (χ4n) is 4.49. The van der Waals surface area contributed by atoms with E-state index in [1.807, 2.05) is 35.2 Å². The third-order valence-corrected chi connectivity index (χ3v) is 6.42. The van der Waals surface area contributed by atoms with Gasteiger partial charge in [-0.2, -0.15) is 0 Å². The molecule has 2 N–H and O–H groups in total. The first-order valence-electron chi connectivity index (χ1n) is 13.4. The SMILES string of the molecule is COC(=O)[C@@H]1CCCN(C(=O)[C@H](CN2CCCN(C(=O)OCc3ccccc3)CC2)NC(=O)OC(C)(C)C)N1. The quantitative estimate of drug-likeness (QED) is 0.388. The Labute approximate surface area is 229 Å². The highest BCUT2D eigenvalue weighted by Gasteiger charge is 2.35. The first kappa shape index (κ1) is 30.2. The molecule has 0 saturated carbocycles. The van der Waals surface area contributed by atoms with Crippen LogP contribution in [0.5, 0.6) is 0 Å². The zero-order valence-corrected chi connectivity index (χ0v) is 23.3. The molecular weight excluding hydrogens is 506 g/mol. The second-order valence-electron chi connectivity index (χ2n) is 10.7. The highest BCUT2D eigenvalue weighted by molar-refractivity contribution is 5.86. The number of carbonyl (C=O) groups excluding carboxylic acids is 4. The van der Waals surface area contributed by atoms with E-state index in [1.165, 1.54) is 12.1 Å². The molecule has 2 aliphatic rings. The van der Waals surface area contributed by atoms with Gasteiger partial charge in [-0.05, 0) is 52.1 Å². The number of nitrogens with one attached hydrogen (secondary N) is 2. The lowest BCUT2D eigenvalue weighted by molar-refractivity contribution is -0.150. The van der Waals surface area contributed by atoms with E-state index < -0.39 is 29.7 Å². The van der Waals surface area contributed by atoms with Crippen LogP contribution in [0.25, 0.3) is 0 Å². The highest BCUT2D eigenvalue weighted by Crippen LogP contribution is 2.13. The van der Waals surface area contributed by atoms with Crippen LogP contribution in [0.15, 0.2) is 30.3 Å². The van der Waals surface area contributed by atoms with Gasteiger partial charge < -0.3 is 24.4 Å². The van der Waals surface area contributed by atoms with Gasteiger partial charge in [0.1, 0.15) is 24.3 Å². The van der Waals surface area contributed by atoms with Gasteiger partial charge in [0.25, 0.3) is 5.91 Å². The zero-order chi connectivity index (χ0) is 28.4. The highest BCUT2D eigenvalue weighted by atomic mass is 16.6. The molecule has 3 rings (SSSR count). The summed E-state index contributed by atoms with van der Waals surface area (Å²) >= 11 is 0. The van der Waals surface area contributed by atoms with Crippen LogP contribution in [0.1, 0.15) is 45.6 Å². The van der Waals surface area contributed by atoms with Crippen molar-refractivity contribution in [2.75, 3.05) is 46.4 Å². The van der Waals surface area contributed by atoms with Crippen LogP contribution in [0.3, 0.4) is 0 Å². The van der Waals surface area contributed by atoms with Crippen LogP contribution in [0.2, 0.25) is 0 Å². The Morgan fingerprint density at radius 3 is 2.46 bits per heavy atom. The molecule has 0 radical (unpaired) electrons. The van der Waals surface area contributed by atoms with Crippen molar-refractivity contribution >= 4 is 24.1 Å². The van der Waals surface area contributed by atoms with Crippen LogP contribution < -0.4 is 10.7 Å². The number of hydrogen-bond donors (Lipinski definition) is 2. The molecule has 12 nitrogen and oxygen atoms in total. The first-order chi connectivity index (χ1) is 18.6. The average molecular weight is 548 g/mol. The smallest absolute Gasteiger partial charge is 0.410 e. The van der Waals surface area contributed by atoms with E-state index in [2.05, 4.69) is 10.7 Å². The molecule has 39 heavy (non-hydrogen) atoms. The zero-order valence-electron chi connectivity index (χ0n) is 23.3. The molecule has 0 unspecified atom stereocenters. The number of carbonyl (C=O) groups is 4. The van der Waals surface area contributed by atoms with Crippen LogP contribution in [0, 0.1) is 0 Å². The number of hydrazine groups is 1. The fourth-order valence-corrected chi connectivity index (χ4v) is 4.49. The van der Waals surface area contributed by atoms with Crippen molar-refractivity contribution in [3.63, 3.8) is 0 Å². The van der Waals surface area contributed by atoms with E-state index in [4.69, 9.17) is 14.2 Å². The number of benzene rings is 1. The maximum Gasteiger partial charge on any atom is 0.410 e. The van der Waals surface area contributed by atoms with Crippen molar-refractivity contribution in [3.8, 4) is 0 Å². The molecule has 1 aromatic rings. The average Bonchev–Trinajstić information content (AvgIpc) is 3.15. The van der Waals surface area contributed by atoms with Gasteiger partial charge in [0.2, 0.25) is 0 Å². The number of nitrogens with zero attached hydrogens (tertiary/aromatic N) is 3. The van der Waals surface area contributed by atoms with Crippen molar-refractivity contribution in [1.29, 1.82) is 0 Å². The van der Waals surface area contributed by atoms with Crippen LogP contribution >= 0.6 is 0 Å². The predicted molar refractivity (Wildman–Crippen MR) is 142 cm³/mol. The molecule has 0 aromatic heterocycles. The summed E-state index contributed by atoms with van der Waals surface area (Å²) in [5, 5.41) is 4.09. The van der Waals surface area contributed by atoms with Crippen molar-refractivity contribution in [3.05, 3.63) is 35.9 Å². The summed E-state index contributed by atoms with van der Waals surface area (Å²) < 4.78 is 15.7. The molecule has 2 aliphatic heterocycles. The normalized spacial score (nSPS) is 19.4. The van der Waals surface area contributed by atoms with Crippen molar-refractivity contribution in [2.45, 2.75) is 64.3 Å². The summed E-state index contributed by atoms with van der Waals surface area (Å²) in [5.74, 6) is -0.825. The Kier molecular flexibility index (Phi) is 10.9. The third kappa shape index (κ3) is 9.70. The van der Waals surface area contributed by atoms with E-state index in [0.717, 1.165) is 5.56 Å². The molecule has 0 spiro atoms. The van der Waals surface area contributed by atoms with E-state index in [-0.39, 0.29) is 25.2 Å². The van der Waals surface area contributed by atoms with Gasteiger partial charge in [0.15, 0.2) is 0 Å². The summed E-state index contributed by atoms with van der Waals surface area (Å²) in [6.07, 6.45) is 0.750. The standard InChI is InChI=1S/C27H41N5O7/c1-27(2,3)39-25(35)28-22(23(33)32-15-8-12-21(29-32)24(34)37-4)18-30-13-9-14-31(17-16-30)26(36)38-19-20-10-6-5-7-11-20/h5-7,10-11,21-22,29H,8-9,12-19H2,1-4H3,(H,28,35)/t21-,22-/m0/s1. The number of rotatable bonds is 7. The van der Waals surface area contributed by atoms with Gasteiger partial charge in [0, 0.05) is 32.7 Å². The number of hydrogen-bond acceptors (Lipinski definition) is 9.